The van der Waals surface area contributed by atoms with Crippen LogP contribution >= 0.6 is 0 Å². The maximum Gasteiger partial charge on any atom is 0.319 e. The largest absolute Gasteiger partial charge is 0.496 e. The standard InChI is InChI=1S/C20H25N3O4/c1-14-12-15(4-5-17(14)25-2)13-19(24)23-10-7-16(8-11-23)27-18-6-9-21-20(22-18)26-3/h4-6,9,12,16H,7-8,10-11,13H2,1-3H3. The Morgan fingerprint density at radius 2 is 1.96 bits per heavy atom. The highest BCUT2D eigenvalue weighted by Gasteiger charge is 2.24. The molecule has 0 aliphatic carbocycles. The van der Waals surface area contributed by atoms with E-state index in [1.165, 1.54) is 7.11 Å². The van der Waals surface area contributed by atoms with Gasteiger partial charge in [0.15, 0.2) is 0 Å². The van der Waals surface area contributed by atoms with Gasteiger partial charge in [0.2, 0.25) is 11.8 Å². The SMILES string of the molecule is COc1nccc(OC2CCN(C(=O)Cc3ccc(OC)c(C)c3)CC2)n1. The molecule has 1 saturated heterocycles. The van der Waals surface area contributed by atoms with Crippen molar-refractivity contribution in [3.05, 3.63) is 41.6 Å². The lowest BCUT2D eigenvalue weighted by Crippen LogP contribution is -2.42. The van der Waals surface area contributed by atoms with Crippen LogP contribution in [0.3, 0.4) is 0 Å². The lowest BCUT2D eigenvalue weighted by molar-refractivity contribution is -0.132. The third kappa shape index (κ3) is 4.87. The fraction of sp³-hybridized carbons (Fsp3) is 0.450. The Labute approximate surface area is 159 Å². The van der Waals surface area contributed by atoms with Crippen molar-refractivity contribution in [2.75, 3.05) is 27.3 Å². The van der Waals surface area contributed by atoms with Crippen molar-refractivity contribution in [1.29, 1.82) is 0 Å². The summed E-state index contributed by atoms with van der Waals surface area (Å²) in [6, 6.07) is 7.87. The second-order valence-corrected chi connectivity index (χ2v) is 6.56. The number of hydrogen-bond donors (Lipinski definition) is 0. The van der Waals surface area contributed by atoms with Crippen LogP contribution in [-0.2, 0) is 11.2 Å². The molecule has 0 radical (unpaired) electrons. The Balaban J connectivity index is 1.51. The molecule has 0 bridgehead atoms. The van der Waals surface area contributed by atoms with E-state index in [0.29, 0.717) is 25.4 Å². The van der Waals surface area contributed by atoms with Gasteiger partial charge in [0.05, 0.1) is 20.6 Å². The zero-order valence-electron chi connectivity index (χ0n) is 16.0. The minimum atomic E-state index is 0.0388. The van der Waals surface area contributed by atoms with E-state index in [4.69, 9.17) is 14.2 Å². The van der Waals surface area contributed by atoms with E-state index >= 15 is 0 Å². The number of carbonyl (C=O) groups is 1. The van der Waals surface area contributed by atoms with Crippen LogP contribution < -0.4 is 14.2 Å². The number of nitrogens with zero attached hydrogens (tertiary/aromatic N) is 3. The molecule has 2 heterocycles. The first-order valence-corrected chi connectivity index (χ1v) is 9.04. The van der Waals surface area contributed by atoms with Gasteiger partial charge in [-0.2, -0.15) is 4.98 Å². The Kier molecular flexibility index (Phi) is 6.11. The maximum absolute atomic E-state index is 12.6. The van der Waals surface area contributed by atoms with Gasteiger partial charge in [-0.1, -0.05) is 12.1 Å². The van der Waals surface area contributed by atoms with Crippen molar-refractivity contribution >= 4 is 5.91 Å². The molecule has 0 saturated carbocycles. The molecule has 7 nitrogen and oxygen atoms in total. The van der Waals surface area contributed by atoms with Crippen LogP contribution in [0.15, 0.2) is 30.5 Å². The van der Waals surface area contributed by atoms with E-state index in [0.717, 1.165) is 29.7 Å². The number of methoxy groups -OCH3 is 2. The molecule has 0 unspecified atom stereocenters. The van der Waals surface area contributed by atoms with E-state index in [9.17, 15) is 4.79 Å². The zero-order chi connectivity index (χ0) is 19.2. The van der Waals surface area contributed by atoms with Crippen molar-refractivity contribution in [1.82, 2.24) is 14.9 Å². The minimum Gasteiger partial charge on any atom is -0.496 e. The summed E-state index contributed by atoms with van der Waals surface area (Å²) in [4.78, 5) is 22.6. The number of amides is 1. The summed E-state index contributed by atoms with van der Waals surface area (Å²) in [6.45, 7) is 3.35. The summed E-state index contributed by atoms with van der Waals surface area (Å²) in [5.74, 6) is 1.48. The average Bonchev–Trinajstić information content (AvgIpc) is 2.69. The molecule has 1 amide bonds. The van der Waals surface area contributed by atoms with Gasteiger partial charge in [0, 0.05) is 38.2 Å². The second-order valence-electron chi connectivity index (χ2n) is 6.56. The van der Waals surface area contributed by atoms with Gasteiger partial charge in [-0.3, -0.25) is 4.79 Å². The van der Waals surface area contributed by atoms with E-state index in [-0.39, 0.29) is 18.0 Å². The van der Waals surface area contributed by atoms with Crippen LogP contribution in [-0.4, -0.2) is 54.2 Å². The molecular weight excluding hydrogens is 346 g/mol. The Morgan fingerprint density at radius 3 is 2.63 bits per heavy atom. The summed E-state index contributed by atoms with van der Waals surface area (Å²) in [6.07, 6.45) is 3.60. The summed E-state index contributed by atoms with van der Waals surface area (Å²) in [5, 5.41) is 0. The zero-order valence-corrected chi connectivity index (χ0v) is 16.0. The molecule has 7 heteroatoms. The molecule has 1 aromatic carbocycles. The van der Waals surface area contributed by atoms with Crippen molar-refractivity contribution in [2.45, 2.75) is 32.3 Å². The molecular formula is C20H25N3O4. The first-order chi connectivity index (χ1) is 13.1. The Bertz CT molecular complexity index is 789. The molecule has 3 rings (SSSR count). The Hall–Kier alpha value is -2.83. The van der Waals surface area contributed by atoms with Gasteiger partial charge < -0.3 is 19.1 Å². The first-order valence-electron chi connectivity index (χ1n) is 9.04. The van der Waals surface area contributed by atoms with Crippen molar-refractivity contribution < 1.29 is 19.0 Å². The molecule has 144 valence electrons. The first kappa shape index (κ1) is 18.9. The van der Waals surface area contributed by atoms with Crippen molar-refractivity contribution in [3.8, 4) is 17.6 Å². The molecule has 1 aliphatic rings. The smallest absolute Gasteiger partial charge is 0.319 e. The molecule has 2 aromatic rings. The van der Waals surface area contributed by atoms with Crippen LogP contribution in [0.5, 0.6) is 17.6 Å². The summed E-state index contributed by atoms with van der Waals surface area (Å²) in [7, 11) is 3.17. The topological polar surface area (TPSA) is 73.8 Å². The molecule has 1 fully saturated rings. The van der Waals surface area contributed by atoms with Gasteiger partial charge in [-0.15, -0.1) is 0 Å². The molecule has 0 atom stereocenters. The number of likely N-dealkylation sites (tertiary alicyclic amines) is 1. The molecule has 1 aliphatic heterocycles. The van der Waals surface area contributed by atoms with Crippen LogP contribution in [0.4, 0.5) is 0 Å². The van der Waals surface area contributed by atoms with E-state index < -0.39 is 0 Å². The van der Waals surface area contributed by atoms with Crippen LogP contribution in [0.2, 0.25) is 0 Å². The second kappa shape index (κ2) is 8.70. The van der Waals surface area contributed by atoms with Crippen LogP contribution in [0.1, 0.15) is 24.0 Å². The molecule has 1 aromatic heterocycles. The fourth-order valence-electron chi connectivity index (χ4n) is 3.22. The minimum absolute atomic E-state index is 0.0388. The highest BCUT2D eigenvalue weighted by atomic mass is 16.5. The lowest BCUT2D eigenvalue weighted by atomic mass is 10.0. The lowest BCUT2D eigenvalue weighted by Gasteiger charge is -2.32. The van der Waals surface area contributed by atoms with Crippen molar-refractivity contribution in [3.63, 3.8) is 0 Å². The van der Waals surface area contributed by atoms with E-state index in [1.54, 1.807) is 19.4 Å². The van der Waals surface area contributed by atoms with Gasteiger partial charge in [-0.05, 0) is 24.1 Å². The highest BCUT2D eigenvalue weighted by Crippen LogP contribution is 2.21. The van der Waals surface area contributed by atoms with Gasteiger partial charge in [0.25, 0.3) is 0 Å². The Morgan fingerprint density at radius 1 is 1.19 bits per heavy atom. The van der Waals surface area contributed by atoms with Gasteiger partial charge in [0.1, 0.15) is 11.9 Å². The number of aryl methyl sites for hydroxylation is 1. The average molecular weight is 371 g/mol. The summed E-state index contributed by atoms with van der Waals surface area (Å²) in [5.41, 5.74) is 2.04. The molecule has 27 heavy (non-hydrogen) atoms. The molecule has 0 N–H and O–H groups in total. The monoisotopic (exact) mass is 371 g/mol. The quantitative estimate of drug-likeness (QED) is 0.776. The maximum atomic E-state index is 12.6. The van der Waals surface area contributed by atoms with Gasteiger partial charge in [-0.25, -0.2) is 4.98 Å². The highest BCUT2D eigenvalue weighted by molar-refractivity contribution is 5.79. The fourth-order valence-corrected chi connectivity index (χ4v) is 3.22. The normalized spacial score (nSPS) is 14.7. The summed E-state index contributed by atoms with van der Waals surface area (Å²) < 4.78 is 16.2. The third-order valence-corrected chi connectivity index (χ3v) is 4.69. The predicted octanol–water partition coefficient (Wildman–Crippen LogP) is 2.41. The number of piperidine rings is 1. The molecule has 0 spiro atoms. The summed E-state index contributed by atoms with van der Waals surface area (Å²) >= 11 is 0. The number of carbonyl (C=O) groups excluding carboxylic acids is 1. The van der Waals surface area contributed by atoms with Crippen LogP contribution in [0.25, 0.3) is 0 Å². The van der Waals surface area contributed by atoms with E-state index in [1.807, 2.05) is 30.0 Å². The van der Waals surface area contributed by atoms with Gasteiger partial charge >= 0.3 is 6.01 Å². The predicted molar refractivity (Wildman–Crippen MR) is 100 cm³/mol. The van der Waals surface area contributed by atoms with E-state index in [2.05, 4.69) is 9.97 Å². The van der Waals surface area contributed by atoms with Crippen molar-refractivity contribution in [2.24, 2.45) is 0 Å². The third-order valence-electron chi connectivity index (χ3n) is 4.69. The number of aromatic nitrogens is 2. The number of rotatable bonds is 6. The number of ether oxygens (including phenoxy) is 3. The number of hydrogen-bond acceptors (Lipinski definition) is 6. The number of benzene rings is 1. The van der Waals surface area contributed by atoms with Crippen LogP contribution in [0, 0.1) is 6.92 Å².